The standard InChI is InChI=1S/C22H19NO2/c1-14-7-9-16(10-8-14)15(2)23-22(24)21-13-19-18-6-4-3-5-17(18)11-12-20(19)25-21/h3-13,15H,1-2H3,(H,23,24)/t15-/m1/s1. The minimum atomic E-state index is -0.201. The quantitative estimate of drug-likeness (QED) is 0.548. The van der Waals surface area contributed by atoms with Crippen LogP contribution in [0.3, 0.4) is 0 Å². The molecule has 1 atom stereocenters. The van der Waals surface area contributed by atoms with E-state index in [1.165, 1.54) is 5.56 Å². The molecule has 1 N–H and O–H groups in total. The zero-order valence-electron chi connectivity index (χ0n) is 14.2. The van der Waals surface area contributed by atoms with Crippen LogP contribution in [0.2, 0.25) is 0 Å². The third-order valence-electron chi connectivity index (χ3n) is 4.57. The Balaban J connectivity index is 1.63. The predicted molar refractivity (Wildman–Crippen MR) is 101 cm³/mol. The van der Waals surface area contributed by atoms with Gasteiger partial charge < -0.3 is 9.73 Å². The van der Waals surface area contributed by atoms with Gasteiger partial charge in [-0.05, 0) is 42.3 Å². The summed E-state index contributed by atoms with van der Waals surface area (Å²) < 4.78 is 5.78. The van der Waals surface area contributed by atoms with Crippen LogP contribution in [0.25, 0.3) is 21.7 Å². The van der Waals surface area contributed by atoms with Gasteiger partial charge in [-0.25, -0.2) is 0 Å². The topological polar surface area (TPSA) is 42.2 Å². The first-order valence-corrected chi connectivity index (χ1v) is 8.40. The molecule has 0 spiro atoms. The Kier molecular flexibility index (Phi) is 3.77. The van der Waals surface area contributed by atoms with Gasteiger partial charge in [-0.1, -0.05) is 60.2 Å². The van der Waals surface area contributed by atoms with Gasteiger partial charge in [0.15, 0.2) is 5.76 Å². The number of hydrogen-bond donors (Lipinski definition) is 1. The Morgan fingerprint density at radius 1 is 0.960 bits per heavy atom. The van der Waals surface area contributed by atoms with Crippen LogP contribution in [0.5, 0.6) is 0 Å². The van der Waals surface area contributed by atoms with Gasteiger partial charge in [0.2, 0.25) is 0 Å². The van der Waals surface area contributed by atoms with Crippen molar-refractivity contribution in [2.75, 3.05) is 0 Å². The van der Waals surface area contributed by atoms with Gasteiger partial charge in [-0.2, -0.15) is 0 Å². The average molecular weight is 329 g/mol. The van der Waals surface area contributed by atoms with Crippen LogP contribution in [0.4, 0.5) is 0 Å². The summed E-state index contributed by atoms with van der Waals surface area (Å²) in [5.41, 5.74) is 3.00. The molecule has 3 aromatic carbocycles. The molecule has 1 amide bonds. The van der Waals surface area contributed by atoms with Crippen LogP contribution in [-0.2, 0) is 0 Å². The molecule has 0 aliphatic heterocycles. The summed E-state index contributed by atoms with van der Waals surface area (Å²) in [5, 5.41) is 6.20. The summed E-state index contributed by atoms with van der Waals surface area (Å²) in [5.74, 6) is 0.138. The highest BCUT2D eigenvalue weighted by Gasteiger charge is 2.16. The number of nitrogens with one attached hydrogen (secondary N) is 1. The number of benzene rings is 3. The van der Waals surface area contributed by atoms with Crippen LogP contribution in [0.1, 0.15) is 34.6 Å². The molecule has 3 heteroatoms. The average Bonchev–Trinajstić information content (AvgIpc) is 3.07. The van der Waals surface area contributed by atoms with Crippen LogP contribution < -0.4 is 5.32 Å². The first kappa shape index (κ1) is 15.5. The van der Waals surface area contributed by atoms with Crippen molar-refractivity contribution in [3.05, 3.63) is 83.6 Å². The lowest BCUT2D eigenvalue weighted by Gasteiger charge is -2.13. The Hall–Kier alpha value is -3.07. The number of rotatable bonds is 3. The molecule has 0 saturated heterocycles. The number of amides is 1. The Morgan fingerprint density at radius 3 is 2.52 bits per heavy atom. The summed E-state index contributed by atoms with van der Waals surface area (Å²) in [7, 11) is 0. The molecule has 0 bridgehead atoms. The molecule has 4 aromatic rings. The van der Waals surface area contributed by atoms with E-state index in [-0.39, 0.29) is 11.9 Å². The van der Waals surface area contributed by atoms with E-state index >= 15 is 0 Å². The molecule has 0 unspecified atom stereocenters. The second-order valence-electron chi connectivity index (χ2n) is 6.41. The summed E-state index contributed by atoms with van der Waals surface area (Å²) >= 11 is 0. The zero-order valence-corrected chi connectivity index (χ0v) is 14.2. The van der Waals surface area contributed by atoms with Gasteiger partial charge in [0.05, 0.1) is 6.04 Å². The van der Waals surface area contributed by atoms with Crippen LogP contribution >= 0.6 is 0 Å². The molecule has 0 aliphatic rings. The van der Waals surface area contributed by atoms with E-state index in [1.807, 2.05) is 74.5 Å². The molecule has 1 heterocycles. The van der Waals surface area contributed by atoms with E-state index in [9.17, 15) is 4.79 Å². The van der Waals surface area contributed by atoms with Crippen molar-refractivity contribution in [1.29, 1.82) is 0 Å². The fourth-order valence-electron chi connectivity index (χ4n) is 3.11. The summed E-state index contributed by atoms with van der Waals surface area (Å²) in [6, 6.07) is 21.9. The Bertz CT molecular complexity index is 1060. The molecule has 0 radical (unpaired) electrons. The SMILES string of the molecule is Cc1ccc([C@@H](C)NC(=O)c2cc3c(ccc4ccccc43)o2)cc1. The third-order valence-corrected chi connectivity index (χ3v) is 4.57. The van der Waals surface area contributed by atoms with Crippen LogP contribution in [-0.4, -0.2) is 5.91 Å². The molecule has 25 heavy (non-hydrogen) atoms. The van der Waals surface area contributed by atoms with Crippen molar-refractivity contribution >= 4 is 27.6 Å². The Labute approximate surface area is 146 Å². The monoisotopic (exact) mass is 329 g/mol. The molecular weight excluding hydrogens is 310 g/mol. The smallest absolute Gasteiger partial charge is 0.287 e. The lowest BCUT2D eigenvalue weighted by Crippen LogP contribution is -2.26. The molecule has 3 nitrogen and oxygen atoms in total. The van der Waals surface area contributed by atoms with Crippen molar-refractivity contribution < 1.29 is 9.21 Å². The van der Waals surface area contributed by atoms with Crippen molar-refractivity contribution in [2.24, 2.45) is 0 Å². The van der Waals surface area contributed by atoms with Crippen molar-refractivity contribution in [3.63, 3.8) is 0 Å². The first-order chi connectivity index (χ1) is 12.1. The number of hydrogen-bond acceptors (Lipinski definition) is 2. The van der Waals surface area contributed by atoms with Gasteiger partial charge >= 0.3 is 0 Å². The lowest BCUT2D eigenvalue weighted by molar-refractivity contribution is 0.0914. The van der Waals surface area contributed by atoms with Gasteiger partial charge in [0.25, 0.3) is 5.91 Å². The van der Waals surface area contributed by atoms with E-state index in [1.54, 1.807) is 0 Å². The molecule has 0 fully saturated rings. The molecule has 124 valence electrons. The normalized spacial score (nSPS) is 12.4. The maximum absolute atomic E-state index is 12.6. The molecule has 0 aliphatic carbocycles. The molecular formula is C22H19NO2. The second-order valence-corrected chi connectivity index (χ2v) is 6.41. The molecule has 1 aromatic heterocycles. The zero-order chi connectivity index (χ0) is 17.4. The van der Waals surface area contributed by atoms with Gasteiger partial charge in [0, 0.05) is 5.39 Å². The number of furan rings is 1. The largest absolute Gasteiger partial charge is 0.451 e. The minimum absolute atomic E-state index is 0.0851. The third kappa shape index (κ3) is 2.89. The number of aryl methyl sites for hydroxylation is 1. The summed E-state index contributed by atoms with van der Waals surface area (Å²) in [6.45, 7) is 4.02. The Morgan fingerprint density at radius 2 is 1.72 bits per heavy atom. The van der Waals surface area contributed by atoms with E-state index in [4.69, 9.17) is 4.42 Å². The maximum Gasteiger partial charge on any atom is 0.287 e. The number of carbonyl (C=O) groups is 1. The number of fused-ring (bicyclic) bond motifs is 3. The molecule has 0 saturated carbocycles. The summed E-state index contributed by atoms with van der Waals surface area (Å²) in [6.07, 6.45) is 0. The highest BCUT2D eigenvalue weighted by atomic mass is 16.3. The van der Waals surface area contributed by atoms with Crippen molar-refractivity contribution in [2.45, 2.75) is 19.9 Å². The lowest BCUT2D eigenvalue weighted by atomic mass is 10.1. The maximum atomic E-state index is 12.6. The predicted octanol–water partition coefficient (Wildman–Crippen LogP) is 5.39. The van der Waals surface area contributed by atoms with Crippen LogP contribution in [0.15, 0.2) is 71.1 Å². The van der Waals surface area contributed by atoms with E-state index < -0.39 is 0 Å². The molecule has 4 rings (SSSR count). The minimum Gasteiger partial charge on any atom is -0.451 e. The van der Waals surface area contributed by atoms with E-state index in [2.05, 4.69) is 11.4 Å². The van der Waals surface area contributed by atoms with Crippen molar-refractivity contribution in [1.82, 2.24) is 5.32 Å². The van der Waals surface area contributed by atoms with Gasteiger partial charge in [0.1, 0.15) is 5.58 Å². The highest BCUT2D eigenvalue weighted by molar-refractivity contribution is 6.08. The van der Waals surface area contributed by atoms with E-state index in [0.29, 0.717) is 5.76 Å². The first-order valence-electron chi connectivity index (χ1n) is 8.40. The summed E-state index contributed by atoms with van der Waals surface area (Å²) in [4.78, 5) is 12.6. The fraction of sp³-hybridized carbons (Fsp3) is 0.136. The van der Waals surface area contributed by atoms with Crippen molar-refractivity contribution in [3.8, 4) is 0 Å². The van der Waals surface area contributed by atoms with E-state index in [0.717, 1.165) is 27.3 Å². The van der Waals surface area contributed by atoms with Gasteiger partial charge in [-0.15, -0.1) is 0 Å². The second kappa shape index (κ2) is 6.10. The number of carbonyl (C=O) groups excluding carboxylic acids is 1. The van der Waals surface area contributed by atoms with Crippen LogP contribution in [0, 0.1) is 6.92 Å². The fourth-order valence-corrected chi connectivity index (χ4v) is 3.11. The van der Waals surface area contributed by atoms with Gasteiger partial charge in [-0.3, -0.25) is 4.79 Å². The highest BCUT2D eigenvalue weighted by Crippen LogP contribution is 2.28.